The number of carbonyl (C=O) groups excluding carboxylic acids is 1. The molecule has 0 unspecified atom stereocenters. The van der Waals surface area contributed by atoms with Gasteiger partial charge in [0.15, 0.2) is 0 Å². The number of benzene rings is 1. The van der Waals surface area contributed by atoms with E-state index < -0.39 is 11.7 Å². The van der Waals surface area contributed by atoms with Gasteiger partial charge in [0.05, 0.1) is 18.0 Å². The van der Waals surface area contributed by atoms with Crippen LogP contribution in [0, 0.1) is 0 Å². The van der Waals surface area contributed by atoms with Crippen LogP contribution in [0.2, 0.25) is 0 Å². The molecule has 3 heterocycles. The van der Waals surface area contributed by atoms with Crippen LogP contribution in [-0.2, 0) is 11.3 Å². The van der Waals surface area contributed by atoms with Crippen LogP contribution in [0.5, 0.6) is 0 Å². The zero-order valence-electron chi connectivity index (χ0n) is 13.8. The van der Waals surface area contributed by atoms with Gasteiger partial charge in [-0.15, -0.1) is 16.4 Å². The van der Waals surface area contributed by atoms with Crippen molar-refractivity contribution in [2.45, 2.75) is 13.5 Å². The summed E-state index contributed by atoms with van der Waals surface area (Å²) in [5.74, 6) is -0.863. The number of fused-ring (bicyclic) bond motifs is 1. The van der Waals surface area contributed by atoms with Crippen LogP contribution < -0.4 is 5.76 Å². The summed E-state index contributed by atoms with van der Waals surface area (Å²) in [5.41, 5.74) is 1.08. The number of thiophene rings is 1. The zero-order chi connectivity index (χ0) is 18.1. The van der Waals surface area contributed by atoms with E-state index in [0.717, 1.165) is 10.3 Å². The summed E-state index contributed by atoms with van der Waals surface area (Å²) in [6.07, 6.45) is 0. The maximum atomic E-state index is 12.3. The minimum absolute atomic E-state index is 0.0405. The lowest BCUT2D eigenvalue weighted by Gasteiger charge is -2.02. The first kappa shape index (κ1) is 16.3. The molecule has 0 aliphatic carbocycles. The van der Waals surface area contributed by atoms with Gasteiger partial charge in [0, 0.05) is 10.9 Å². The second-order valence-electron chi connectivity index (χ2n) is 5.43. The van der Waals surface area contributed by atoms with Crippen molar-refractivity contribution in [3.05, 3.63) is 63.7 Å². The Kier molecular flexibility index (Phi) is 4.18. The van der Waals surface area contributed by atoms with E-state index in [2.05, 4.69) is 5.10 Å². The summed E-state index contributed by atoms with van der Waals surface area (Å²) in [5, 5.41) is 6.83. The first-order valence-electron chi connectivity index (χ1n) is 7.96. The lowest BCUT2D eigenvalue weighted by atomic mass is 10.1. The first-order chi connectivity index (χ1) is 12.7. The van der Waals surface area contributed by atoms with Crippen LogP contribution in [0.15, 0.2) is 55.4 Å². The summed E-state index contributed by atoms with van der Waals surface area (Å²) < 4.78 is 17.1. The Morgan fingerprint density at radius 2 is 2.08 bits per heavy atom. The number of hydrogen-bond donors (Lipinski definition) is 0. The van der Waals surface area contributed by atoms with Gasteiger partial charge in [-0.25, -0.2) is 9.59 Å². The van der Waals surface area contributed by atoms with Gasteiger partial charge in [-0.1, -0.05) is 24.3 Å². The topological polar surface area (TPSA) is 87.5 Å². The molecule has 7 nitrogen and oxygen atoms in total. The SMILES string of the molecule is CCOC(=O)c1oc2ccccc2c1Cn1nc(-c2cccs2)oc1=O. The number of furan rings is 1. The molecule has 0 saturated carbocycles. The molecule has 0 fully saturated rings. The highest BCUT2D eigenvalue weighted by molar-refractivity contribution is 7.13. The summed E-state index contributed by atoms with van der Waals surface area (Å²) in [4.78, 5) is 25.2. The van der Waals surface area contributed by atoms with Gasteiger partial charge >= 0.3 is 11.7 Å². The molecule has 0 amide bonds. The van der Waals surface area contributed by atoms with Crippen LogP contribution in [0.3, 0.4) is 0 Å². The minimum Gasteiger partial charge on any atom is -0.460 e. The van der Waals surface area contributed by atoms with Gasteiger partial charge in [0.2, 0.25) is 5.76 Å². The highest BCUT2D eigenvalue weighted by atomic mass is 32.1. The largest absolute Gasteiger partial charge is 0.460 e. The summed E-state index contributed by atoms with van der Waals surface area (Å²) in [6, 6.07) is 10.9. The standard InChI is InChI=1S/C18H14N2O5S/c1-2-23-17(21)15-12(11-6-3-4-7-13(11)24-15)10-20-18(22)25-16(19-20)14-8-5-9-26-14/h3-9H,2,10H2,1H3. The monoisotopic (exact) mass is 370 g/mol. The number of rotatable bonds is 5. The van der Waals surface area contributed by atoms with Crippen LogP contribution in [0.1, 0.15) is 23.0 Å². The van der Waals surface area contributed by atoms with E-state index in [1.807, 2.05) is 35.7 Å². The number of aromatic nitrogens is 2. The average molecular weight is 370 g/mol. The smallest absolute Gasteiger partial charge is 0.437 e. The van der Waals surface area contributed by atoms with Crippen molar-refractivity contribution in [1.29, 1.82) is 0 Å². The van der Waals surface area contributed by atoms with Crippen molar-refractivity contribution in [3.63, 3.8) is 0 Å². The van der Waals surface area contributed by atoms with Crippen molar-refractivity contribution in [2.75, 3.05) is 6.61 Å². The van der Waals surface area contributed by atoms with Crippen molar-refractivity contribution in [1.82, 2.24) is 9.78 Å². The number of nitrogens with zero attached hydrogens (tertiary/aromatic N) is 2. The molecule has 0 spiro atoms. The Labute approximate surface area is 151 Å². The Morgan fingerprint density at radius 3 is 2.85 bits per heavy atom. The van der Waals surface area contributed by atoms with Crippen LogP contribution >= 0.6 is 11.3 Å². The average Bonchev–Trinajstić information content (AvgIpc) is 3.35. The van der Waals surface area contributed by atoms with E-state index in [4.69, 9.17) is 13.6 Å². The third-order valence-corrected chi connectivity index (χ3v) is 4.66. The van der Waals surface area contributed by atoms with Gasteiger partial charge in [0.1, 0.15) is 5.58 Å². The molecule has 4 rings (SSSR count). The molecule has 132 valence electrons. The van der Waals surface area contributed by atoms with E-state index in [1.54, 1.807) is 13.0 Å². The molecule has 0 bridgehead atoms. The van der Waals surface area contributed by atoms with Crippen molar-refractivity contribution in [3.8, 4) is 10.8 Å². The van der Waals surface area contributed by atoms with Gasteiger partial charge < -0.3 is 13.6 Å². The Hall–Kier alpha value is -3.13. The molecule has 0 saturated heterocycles. The molecule has 8 heteroatoms. The minimum atomic E-state index is -0.603. The molecule has 0 aliphatic rings. The summed E-state index contributed by atoms with van der Waals surface area (Å²) >= 11 is 1.42. The van der Waals surface area contributed by atoms with E-state index >= 15 is 0 Å². The normalized spacial score (nSPS) is 11.1. The molecule has 0 aliphatic heterocycles. The molecule has 26 heavy (non-hydrogen) atoms. The second kappa shape index (κ2) is 6.64. The number of carbonyl (C=O) groups is 1. The van der Waals surface area contributed by atoms with Crippen molar-refractivity contribution in [2.24, 2.45) is 0 Å². The fraction of sp³-hybridized carbons (Fsp3) is 0.167. The first-order valence-corrected chi connectivity index (χ1v) is 8.84. The van der Waals surface area contributed by atoms with E-state index in [1.165, 1.54) is 16.0 Å². The fourth-order valence-corrected chi connectivity index (χ4v) is 3.32. The highest BCUT2D eigenvalue weighted by Gasteiger charge is 2.23. The third kappa shape index (κ3) is 2.84. The predicted octanol–water partition coefficient (Wildman–Crippen LogP) is 3.54. The third-order valence-electron chi connectivity index (χ3n) is 3.81. The molecule has 0 radical (unpaired) electrons. The van der Waals surface area contributed by atoms with Gasteiger partial charge in [-0.3, -0.25) is 0 Å². The molecular formula is C18H14N2O5S. The number of ether oxygens (including phenoxy) is 1. The number of esters is 1. The van der Waals surface area contributed by atoms with Gasteiger partial charge in [-0.2, -0.15) is 4.68 Å². The lowest BCUT2D eigenvalue weighted by Crippen LogP contribution is -2.18. The molecule has 0 atom stereocenters. The molecule has 0 N–H and O–H groups in total. The van der Waals surface area contributed by atoms with Gasteiger partial charge in [-0.05, 0) is 24.4 Å². The van der Waals surface area contributed by atoms with Crippen LogP contribution in [-0.4, -0.2) is 22.4 Å². The predicted molar refractivity (Wildman–Crippen MR) is 95.3 cm³/mol. The fourth-order valence-electron chi connectivity index (χ4n) is 2.67. The van der Waals surface area contributed by atoms with Gasteiger partial charge in [0.25, 0.3) is 5.89 Å². The van der Waals surface area contributed by atoms with Crippen molar-refractivity contribution >= 4 is 28.3 Å². The lowest BCUT2D eigenvalue weighted by molar-refractivity contribution is 0.0490. The number of hydrogen-bond acceptors (Lipinski definition) is 7. The second-order valence-corrected chi connectivity index (χ2v) is 6.38. The van der Waals surface area contributed by atoms with E-state index in [0.29, 0.717) is 11.1 Å². The molecular weight excluding hydrogens is 356 g/mol. The Balaban J connectivity index is 1.78. The van der Waals surface area contributed by atoms with E-state index in [-0.39, 0.29) is 24.8 Å². The number of para-hydroxylation sites is 1. The summed E-state index contributed by atoms with van der Waals surface area (Å²) in [7, 11) is 0. The Morgan fingerprint density at radius 1 is 1.23 bits per heavy atom. The van der Waals surface area contributed by atoms with Crippen LogP contribution in [0.25, 0.3) is 21.7 Å². The van der Waals surface area contributed by atoms with Crippen molar-refractivity contribution < 1.29 is 18.4 Å². The zero-order valence-corrected chi connectivity index (χ0v) is 14.6. The Bertz CT molecular complexity index is 1120. The van der Waals surface area contributed by atoms with Crippen LogP contribution in [0.4, 0.5) is 0 Å². The summed E-state index contributed by atoms with van der Waals surface area (Å²) in [6.45, 7) is 1.98. The molecule has 1 aromatic carbocycles. The highest BCUT2D eigenvalue weighted by Crippen LogP contribution is 2.27. The maximum absolute atomic E-state index is 12.3. The molecule has 4 aromatic rings. The quantitative estimate of drug-likeness (QED) is 0.499. The van der Waals surface area contributed by atoms with E-state index in [9.17, 15) is 9.59 Å². The molecule has 3 aromatic heterocycles. The maximum Gasteiger partial charge on any atom is 0.437 e.